The molecular weight excluding hydrogens is 2020 g/mol. The number of pyridine rings is 1. The minimum absolute atomic E-state index is 0. The zero-order valence-corrected chi connectivity index (χ0v) is 82.9. The minimum atomic E-state index is -1.34. The number of anilines is 2. The fourth-order valence-electron chi connectivity index (χ4n) is 12.3. The molecule has 121 heavy (non-hydrogen) atoms. The minimum Gasteiger partial charge on any atom is -0.545 e. The molecule has 5 aliphatic heterocycles. The van der Waals surface area contributed by atoms with Gasteiger partial charge in [0.15, 0.2) is 0 Å². The summed E-state index contributed by atoms with van der Waals surface area (Å²) in [4.78, 5) is 101. The van der Waals surface area contributed by atoms with Crippen molar-refractivity contribution in [3.8, 4) is 0 Å². The van der Waals surface area contributed by atoms with Crippen LogP contribution in [0.4, 0.5) is 34.1 Å². The van der Waals surface area contributed by atoms with E-state index in [-0.39, 0.29) is 105 Å². The quantitative estimate of drug-likeness (QED) is 0.0429. The zero-order valence-electron chi connectivity index (χ0n) is 74.1. The Labute approximate surface area is 763 Å². The standard InChI is InChI=1S/2C27H20N3O3.C27H24N3O3.9C2H6.CH4.3W/c2*1-30(2)21-12-6-17(7-13-21)16-28-20-10-8-18(9-11-20)24-14-19-4-3-5-22(26(19)29-24)23-15-25(31)33-27(23)32;1-29(2)21-12-6-17(7-13-21)16-28-20-10-8-18(9-11-20)24-14-19-4-3-5-22-23(27(32)33)15-25(31)30(24)26(19)22;9*1-2;;;;/h2*3,5-13,15-16H,14H2,1-2H3;3,5-13,15-16,18,21,24H,14H2,1-2H3,(H,32,33);9*1-2H3;1H4;;;/q3*-1;;;;;;;;;;;;;/p-1. The van der Waals surface area contributed by atoms with Gasteiger partial charge in [-0.25, -0.2) is 19.2 Å². The van der Waals surface area contributed by atoms with E-state index in [1.54, 1.807) is 41.0 Å². The van der Waals surface area contributed by atoms with Crippen molar-refractivity contribution in [2.45, 2.75) is 163 Å². The van der Waals surface area contributed by atoms with Crippen molar-refractivity contribution in [1.82, 2.24) is 9.47 Å². The van der Waals surface area contributed by atoms with Gasteiger partial charge in [0.1, 0.15) is 0 Å². The van der Waals surface area contributed by atoms with Crippen LogP contribution >= 0.6 is 0 Å². The Morgan fingerprint density at radius 2 is 0.893 bits per heavy atom. The molecule has 1 unspecified atom stereocenters. The number of carbonyl (C=O) groups excluding carboxylic acids is 5. The molecule has 0 spiro atoms. The van der Waals surface area contributed by atoms with E-state index in [0.717, 1.165) is 84.4 Å². The van der Waals surface area contributed by atoms with Crippen molar-refractivity contribution in [2.75, 3.05) is 52.1 Å². The van der Waals surface area contributed by atoms with Crippen LogP contribution in [0.5, 0.6) is 0 Å². The molecule has 0 radical (unpaired) electrons. The van der Waals surface area contributed by atoms with Gasteiger partial charge in [-0.3, -0.25) is 24.7 Å². The van der Waals surface area contributed by atoms with E-state index in [4.69, 9.17) is 9.98 Å². The molecule has 18 nitrogen and oxygen atoms in total. The molecule has 0 amide bonds. The molecular formula is C100H121N9O9W3-4. The number of carbonyl (C=O) groups is 5. The number of nitrogens with zero attached hydrogens (tertiary/aromatic N) is 9. The third-order valence-electron chi connectivity index (χ3n) is 17.6. The van der Waals surface area contributed by atoms with E-state index in [1.165, 1.54) is 18.2 Å². The van der Waals surface area contributed by atoms with E-state index in [2.05, 4.69) is 106 Å². The third-order valence-corrected chi connectivity index (χ3v) is 17.6. The fourth-order valence-corrected chi connectivity index (χ4v) is 12.3. The summed E-state index contributed by atoms with van der Waals surface area (Å²) >= 11 is 0. The monoisotopic (exact) mass is 2140 g/mol. The van der Waals surface area contributed by atoms with Gasteiger partial charge in [-0.05, 0) is 139 Å². The van der Waals surface area contributed by atoms with E-state index in [1.807, 2.05) is 283 Å². The number of carboxylic acid groups (broad SMARTS) is 1. The first-order valence-electron chi connectivity index (χ1n) is 40.9. The number of hydrogen-bond donors (Lipinski definition) is 0. The number of hydrogen-bond acceptors (Lipinski definition) is 17. The first-order valence-corrected chi connectivity index (χ1v) is 40.9. The second kappa shape index (κ2) is 57.8. The smallest absolute Gasteiger partial charge is 0.344 e. The van der Waals surface area contributed by atoms with Gasteiger partial charge >= 0.3 is 23.9 Å². The van der Waals surface area contributed by atoms with Gasteiger partial charge in [0.2, 0.25) is 5.56 Å². The number of aromatic carboxylic acids is 1. The van der Waals surface area contributed by atoms with Crippen LogP contribution in [-0.4, -0.2) is 117 Å². The molecule has 0 fully saturated rings. The molecule has 0 saturated carbocycles. The Balaban J connectivity index is 0.00000160. The Hall–Kier alpha value is -10.3. The van der Waals surface area contributed by atoms with Crippen LogP contribution in [0.1, 0.15) is 199 Å². The summed E-state index contributed by atoms with van der Waals surface area (Å²) < 4.78 is 11.0. The Kier molecular flexibility index (Phi) is 52.9. The van der Waals surface area contributed by atoms with Crippen LogP contribution in [0.15, 0.2) is 242 Å². The van der Waals surface area contributed by atoms with Crippen molar-refractivity contribution in [1.29, 1.82) is 0 Å². The van der Waals surface area contributed by atoms with Crippen molar-refractivity contribution < 1.29 is 102 Å². The van der Waals surface area contributed by atoms with E-state index >= 15 is 0 Å². The maximum absolute atomic E-state index is 12.8. The van der Waals surface area contributed by atoms with Gasteiger partial charge < -0.3 is 43.7 Å². The summed E-state index contributed by atoms with van der Waals surface area (Å²) in [6.07, 6.45) is 26.2. The number of aliphatic imine (C=N–C) groups is 5. The second-order valence-corrected chi connectivity index (χ2v) is 24.7. The predicted octanol–water partition coefficient (Wildman–Crippen LogP) is 21.1. The van der Waals surface area contributed by atoms with Crippen molar-refractivity contribution >= 4 is 116 Å². The van der Waals surface area contributed by atoms with Crippen molar-refractivity contribution in [3.05, 3.63) is 296 Å². The number of rotatable bonds is 14. The normalized spacial score (nSPS) is 14.8. The predicted molar refractivity (Wildman–Crippen MR) is 493 cm³/mol. The SMILES string of the molecule is C.CC.CC.CC.CC.CC.CC.CC.CC.CC.CN(C)C1C=CC(=CN=C2C=CC(C3Cc4[c-]ccc5c(C(=O)[O-])cc(=O)n3c45)C=C2)C=C1.CN(C)c1ccc(C=Nc2ccc(C3=Nc4c([c-]ccc4C4=CC(=O)OC4=O)C3)cc2)cc1.CN(C)c1ccc(C=Nc2ccc(C3=Nc4c([c-]ccc4C4=CC(=O)OC4=O)C3)cc2)cc1.[W].[W].[W]. The van der Waals surface area contributed by atoms with Gasteiger partial charge in [0.05, 0.1) is 34.2 Å². The van der Waals surface area contributed by atoms with Gasteiger partial charge in [0.25, 0.3) is 0 Å². The molecule has 1 atom stereocenters. The molecule has 7 aliphatic rings. The number of ether oxygens (including phenoxy) is 2. The third kappa shape index (κ3) is 29.8. The van der Waals surface area contributed by atoms with Crippen LogP contribution in [-0.2, 0) is 111 Å². The molecule has 7 aromatic carbocycles. The number of benzene rings is 7. The van der Waals surface area contributed by atoms with Gasteiger partial charge in [-0.2, -0.15) is 54.6 Å². The van der Waals surface area contributed by atoms with Crippen LogP contribution < -0.4 is 20.5 Å². The number of cyclic esters (lactones) is 4. The maximum Gasteiger partial charge on any atom is 0.344 e. The fraction of sp³-hybridized carbons (Fsp3) is 0.310. The van der Waals surface area contributed by atoms with E-state index in [0.29, 0.717) is 58.7 Å². The number of allylic oxidation sites excluding steroid dienone is 7. The zero-order chi connectivity index (χ0) is 87.0. The van der Waals surface area contributed by atoms with Gasteiger partial charge in [-0.1, -0.05) is 234 Å². The first kappa shape index (κ1) is 111. The molecule has 0 N–H and O–H groups in total. The molecule has 642 valence electrons. The summed E-state index contributed by atoms with van der Waals surface area (Å²) in [7, 11) is 12.1. The number of esters is 4. The Morgan fingerprint density at radius 3 is 1.26 bits per heavy atom. The van der Waals surface area contributed by atoms with Crippen molar-refractivity contribution in [2.24, 2.45) is 30.9 Å². The molecule has 2 aliphatic carbocycles. The average Bonchev–Trinajstić information content (AvgIpc) is 1.59. The summed E-state index contributed by atoms with van der Waals surface area (Å²) in [5, 5.41) is 12.1. The van der Waals surface area contributed by atoms with Crippen LogP contribution in [0.2, 0.25) is 0 Å². The molecule has 1 aromatic heterocycles. The molecule has 21 heteroatoms. The summed E-state index contributed by atoms with van der Waals surface area (Å²) in [6.45, 7) is 36.0. The molecule has 6 heterocycles. The largest absolute Gasteiger partial charge is 0.545 e. The van der Waals surface area contributed by atoms with E-state index < -0.39 is 29.8 Å². The van der Waals surface area contributed by atoms with Crippen LogP contribution in [0, 0.1) is 24.1 Å². The van der Waals surface area contributed by atoms with Gasteiger partial charge in [-0.15, -0.1) is 22.1 Å². The second-order valence-electron chi connectivity index (χ2n) is 24.7. The molecule has 0 saturated heterocycles. The van der Waals surface area contributed by atoms with E-state index in [9.17, 15) is 33.9 Å². The molecule has 0 bridgehead atoms. The average molecular weight is 2140 g/mol. The number of aromatic nitrogens is 1. The van der Waals surface area contributed by atoms with Crippen LogP contribution in [0.25, 0.3) is 22.0 Å². The number of carboxylic acids is 1. The summed E-state index contributed by atoms with van der Waals surface area (Å²) in [5.74, 6) is -3.94. The maximum atomic E-state index is 12.8. The van der Waals surface area contributed by atoms with Crippen LogP contribution in [0.3, 0.4) is 0 Å². The number of likely N-dealkylation sites (N-methyl/N-ethyl adjacent to an activating group) is 1. The van der Waals surface area contributed by atoms with Gasteiger partial charge in [0, 0.05) is 169 Å². The topological polar surface area (TPSA) is 220 Å². The first-order chi connectivity index (χ1) is 56.9. The Morgan fingerprint density at radius 1 is 0.504 bits per heavy atom. The van der Waals surface area contributed by atoms with Crippen molar-refractivity contribution in [3.63, 3.8) is 0 Å². The molecule has 15 rings (SSSR count). The number of fused-ring (bicyclic) bond motifs is 2. The summed E-state index contributed by atoms with van der Waals surface area (Å²) in [5.41, 5.74) is 17.5. The molecule has 8 aromatic rings. The summed E-state index contributed by atoms with van der Waals surface area (Å²) in [6, 6.07) is 53.4. The Bertz CT molecular complexity index is 4870.